The molecular formula is C22H26FN3O3S2. The lowest BCUT2D eigenvalue weighted by Gasteiger charge is -2.24. The zero-order valence-electron chi connectivity index (χ0n) is 17.8. The molecular weight excluding hydrogens is 437 g/mol. The monoisotopic (exact) mass is 463 g/mol. The van der Waals surface area contributed by atoms with Gasteiger partial charge in [-0.15, -0.1) is 0 Å². The maximum Gasteiger partial charge on any atom is 0.260 e. The minimum absolute atomic E-state index is 0.00639. The Morgan fingerprint density at radius 2 is 1.71 bits per heavy atom. The summed E-state index contributed by atoms with van der Waals surface area (Å²) in [5.74, 6) is -0.731. The molecule has 1 amide bonds. The summed E-state index contributed by atoms with van der Waals surface area (Å²) in [6.07, 6.45) is 0. The number of carbonyl (C=O) groups is 1. The molecule has 0 radical (unpaired) electrons. The number of thiazole rings is 1. The van der Waals surface area contributed by atoms with Crippen LogP contribution in [-0.2, 0) is 9.84 Å². The molecule has 2 aromatic carbocycles. The molecule has 0 fully saturated rings. The van der Waals surface area contributed by atoms with Crippen molar-refractivity contribution in [2.75, 3.05) is 36.8 Å². The highest BCUT2D eigenvalue weighted by molar-refractivity contribution is 7.91. The smallest absolute Gasteiger partial charge is 0.260 e. The first-order chi connectivity index (χ1) is 14.8. The standard InChI is InChI=1S/C22H26FN3O3S2/c1-4-25(5-2)14-15-26(22-24-20-18(23)8-7-9-19(20)30-22)21(27)16-10-12-17(13-11-16)31(28,29)6-3/h7-13H,4-6,14-15H2,1-3H3. The second-order valence-electron chi connectivity index (χ2n) is 6.99. The van der Waals surface area contributed by atoms with Gasteiger partial charge in [0, 0.05) is 18.7 Å². The molecule has 1 aromatic heterocycles. The van der Waals surface area contributed by atoms with Crippen molar-refractivity contribution in [3.63, 3.8) is 0 Å². The fourth-order valence-corrected chi connectivity index (χ4v) is 5.10. The van der Waals surface area contributed by atoms with E-state index < -0.39 is 15.7 Å². The highest BCUT2D eigenvalue weighted by Crippen LogP contribution is 2.31. The Morgan fingerprint density at radius 3 is 2.29 bits per heavy atom. The number of amides is 1. The highest BCUT2D eigenvalue weighted by Gasteiger charge is 2.23. The van der Waals surface area contributed by atoms with E-state index in [0.29, 0.717) is 28.5 Å². The van der Waals surface area contributed by atoms with Gasteiger partial charge in [0.15, 0.2) is 15.0 Å². The van der Waals surface area contributed by atoms with Gasteiger partial charge in [-0.25, -0.2) is 17.8 Å². The van der Waals surface area contributed by atoms with Crippen LogP contribution in [0.25, 0.3) is 10.2 Å². The third-order valence-corrected chi connectivity index (χ3v) is 8.00. The summed E-state index contributed by atoms with van der Waals surface area (Å²) in [5.41, 5.74) is 0.599. The van der Waals surface area contributed by atoms with Gasteiger partial charge in [0.1, 0.15) is 11.3 Å². The maximum atomic E-state index is 14.2. The quantitative estimate of drug-likeness (QED) is 0.475. The molecule has 0 atom stereocenters. The highest BCUT2D eigenvalue weighted by atomic mass is 32.2. The van der Waals surface area contributed by atoms with Crippen molar-refractivity contribution >= 4 is 42.4 Å². The lowest BCUT2D eigenvalue weighted by molar-refractivity contribution is 0.0983. The van der Waals surface area contributed by atoms with Gasteiger partial charge >= 0.3 is 0 Å². The van der Waals surface area contributed by atoms with Crippen LogP contribution in [0.3, 0.4) is 0 Å². The lowest BCUT2D eigenvalue weighted by Crippen LogP contribution is -2.38. The number of fused-ring (bicyclic) bond motifs is 1. The molecule has 0 spiro atoms. The number of carbonyl (C=O) groups excluding carboxylic acids is 1. The van der Waals surface area contributed by atoms with E-state index in [1.165, 1.54) is 41.7 Å². The Labute approximate surface area is 186 Å². The van der Waals surface area contributed by atoms with Crippen molar-refractivity contribution in [2.24, 2.45) is 0 Å². The van der Waals surface area contributed by atoms with E-state index in [-0.39, 0.29) is 22.1 Å². The van der Waals surface area contributed by atoms with E-state index >= 15 is 0 Å². The van der Waals surface area contributed by atoms with Crippen molar-refractivity contribution in [1.82, 2.24) is 9.88 Å². The van der Waals surface area contributed by atoms with Gasteiger partial charge in [-0.05, 0) is 49.5 Å². The van der Waals surface area contributed by atoms with Crippen LogP contribution in [0.1, 0.15) is 31.1 Å². The fraction of sp³-hybridized carbons (Fsp3) is 0.364. The number of para-hydroxylation sites is 1. The average Bonchev–Trinajstić information content (AvgIpc) is 3.22. The first kappa shape index (κ1) is 23.3. The van der Waals surface area contributed by atoms with Gasteiger partial charge in [0.2, 0.25) is 0 Å². The van der Waals surface area contributed by atoms with Crippen molar-refractivity contribution < 1.29 is 17.6 Å². The van der Waals surface area contributed by atoms with Crippen molar-refractivity contribution in [2.45, 2.75) is 25.7 Å². The molecule has 0 aliphatic heterocycles. The summed E-state index contributed by atoms with van der Waals surface area (Å²) in [6.45, 7) is 8.39. The summed E-state index contributed by atoms with van der Waals surface area (Å²) in [4.78, 5) is 21.7. The molecule has 0 saturated heterocycles. The van der Waals surface area contributed by atoms with Crippen LogP contribution in [0, 0.1) is 5.82 Å². The number of aromatic nitrogens is 1. The van der Waals surface area contributed by atoms with E-state index in [1.807, 2.05) is 0 Å². The number of anilines is 1. The van der Waals surface area contributed by atoms with Crippen LogP contribution in [0.15, 0.2) is 47.4 Å². The fourth-order valence-electron chi connectivity index (χ4n) is 3.21. The molecule has 166 valence electrons. The minimum atomic E-state index is -3.35. The molecule has 31 heavy (non-hydrogen) atoms. The Bertz CT molecular complexity index is 1160. The topological polar surface area (TPSA) is 70.6 Å². The normalized spacial score (nSPS) is 11.9. The van der Waals surface area contributed by atoms with Crippen LogP contribution < -0.4 is 4.90 Å². The van der Waals surface area contributed by atoms with E-state index in [2.05, 4.69) is 23.7 Å². The zero-order chi connectivity index (χ0) is 22.6. The van der Waals surface area contributed by atoms with Crippen molar-refractivity contribution in [3.05, 3.63) is 53.8 Å². The zero-order valence-corrected chi connectivity index (χ0v) is 19.5. The van der Waals surface area contributed by atoms with Crippen LogP contribution >= 0.6 is 11.3 Å². The summed E-state index contributed by atoms with van der Waals surface area (Å²) >= 11 is 1.26. The molecule has 6 nitrogen and oxygen atoms in total. The summed E-state index contributed by atoms with van der Waals surface area (Å²) < 4.78 is 39.0. The number of nitrogens with zero attached hydrogens (tertiary/aromatic N) is 3. The summed E-state index contributed by atoms with van der Waals surface area (Å²) in [6, 6.07) is 10.7. The number of likely N-dealkylation sites (N-methyl/N-ethyl adjacent to an activating group) is 1. The van der Waals surface area contributed by atoms with Crippen LogP contribution in [0.5, 0.6) is 0 Å². The van der Waals surface area contributed by atoms with Crippen molar-refractivity contribution in [1.29, 1.82) is 0 Å². The number of hydrogen-bond acceptors (Lipinski definition) is 6. The Kier molecular flexibility index (Phi) is 7.40. The van der Waals surface area contributed by atoms with Crippen LogP contribution in [-0.4, -0.2) is 56.1 Å². The number of halogens is 1. The van der Waals surface area contributed by atoms with Gasteiger partial charge in [-0.3, -0.25) is 9.69 Å². The number of sulfone groups is 1. The minimum Gasteiger partial charge on any atom is -0.302 e. The van der Waals surface area contributed by atoms with Gasteiger partial charge in [-0.1, -0.05) is 38.2 Å². The first-order valence-corrected chi connectivity index (χ1v) is 12.7. The molecule has 0 N–H and O–H groups in total. The molecule has 1 heterocycles. The van der Waals surface area contributed by atoms with E-state index in [0.717, 1.165) is 13.1 Å². The number of benzene rings is 2. The molecule has 0 aliphatic carbocycles. The predicted molar refractivity (Wildman–Crippen MR) is 123 cm³/mol. The van der Waals surface area contributed by atoms with E-state index in [9.17, 15) is 17.6 Å². The summed E-state index contributed by atoms with van der Waals surface area (Å²) in [7, 11) is -3.35. The molecule has 0 bridgehead atoms. The molecule has 3 aromatic rings. The number of rotatable bonds is 9. The van der Waals surface area contributed by atoms with Gasteiger partial charge in [-0.2, -0.15) is 0 Å². The van der Waals surface area contributed by atoms with Gasteiger partial charge in [0.25, 0.3) is 5.91 Å². The largest absolute Gasteiger partial charge is 0.302 e. The second kappa shape index (κ2) is 9.84. The number of hydrogen-bond donors (Lipinski definition) is 0. The van der Waals surface area contributed by atoms with E-state index in [1.54, 1.807) is 24.0 Å². The van der Waals surface area contributed by atoms with E-state index in [4.69, 9.17) is 0 Å². The third-order valence-electron chi connectivity index (χ3n) is 5.21. The molecule has 9 heteroatoms. The third kappa shape index (κ3) is 5.11. The van der Waals surface area contributed by atoms with Gasteiger partial charge < -0.3 is 4.90 Å². The molecule has 0 unspecified atom stereocenters. The van der Waals surface area contributed by atoms with Crippen LogP contribution in [0.2, 0.25) is 0 Å². The van der Waals surface area contributed by atoms with Crippen LogP contribution in [0.4, 0.5) is 9.52 Å². The Hall–Kier alpha value is -2.36. The lowest BCUT2D eigenvalue weighted by atomic mass is 10.2. The second-order valence-corrected chi connectivity index (χ2v) is 10.3. The van der Waals surface area contributed by atoms with Crippen molar-refractivity contribution in [3.8, 4) is 0 Å². The van der Waals surface area contributed by atoms with Gasteiger partial charge in [0.05, 0.1) is 15.3 Å². The summed E-state index contributed by atoms with van der Waals surface area (Å²) in [5, 5.41) is 0.419. The molecule has 0 saturated carbocycles. The SMILES string of the molecule is CCN(CC)CCN(C(=O)c1ccc(S(=O)(=O)CC)cc1)c1nc2c(F)cccc2s1. The Balaban J connectivity index is 1.96. The maximum absolute atomic E-state index is 14.2. The predicted octanol–water partition coefficient (Wildman–Crippen LogP) is 4.22. The molecule has 0 aliphatic rings. The average molecular weight is 464 g/mol. The Morgan fingerprint density at radius 1 is 1.03 bits per heavy atom. The first-order valence-electron chi connectivity index (χ1n) is 10.2. The molecule has 3 rings (SSSR count).